The lowest BCUT2D eigenvalue weighted by Gasteiger charge is -2.06. The summed E-state index contributed by atoms with van der Waals surface area (Å²) in [6.45, 7) is 7.43. The molecule has 0 atom stereocenters. The van der Waals surface area contributed by atoms with Crippen LogP contribution in [0.4, 0.5) is 4.39 Å². The summed E-state index contributed by atoms with van der Waals surface area (Å²) in [5.41, 5.74) is 2.50. The van der Waals surface area contributed by atoms with Crippen LogP contribution in [0.1, 0.15) is 32.8 Å². The number of benzene rings is 1. The molecule has 94 valence electrons. The van der Waals surface area contributed by atoms with E-state index in [0.717, 1.165) is 24.9 Å². The molecule has 0 aliphatic carbocycles. The third-order valence-corrected chi connectivity index (χ3v) is 2.59. The van der Waals surface area contributed by atoms with Crippen molar-refractivity contribution in [3.05, 3.63) is 47.3 Å². The lowest BCUT2D eigenvalue weighted by atomic mass is 10.1. The van der Waals surface area contributed by atoms with Crippen molar-refractivity contribution in [1.82, 2.24) is 5.32 Å². The molecule has 17 heavy (non-hydrogen) atoms. The standard InChI is InChI=1S/C15H22FN/c1-12(2)17-10-4-5-13(3)11-14-6-8-15(16)9-7-14/h5-9,12,17H,4,10-11H2,1-3H3. The molecule has 0 saturated heterocycles. The summed E-state index contributed by atoms with van der Waals surface area (Å²) in [6.07, 6.45) is 4.20. The van der Waals surface area contributed by atoms with Crippen molar-refractivity contribution in [2.45, 2.75) is 39.7 Å². The van der Waals surface area contributed by atoms with Gasteiger partial charge in [0.05, 0.1) is 0 Å². The predicted molar refractivity (Wildman–Crippen MR) is 71.6 cm³/mol. The Hall–Kier alpha value is -1.15. The average Bonchev–Trinajstić information content (AvgIpc) is 2.27. The fraction of sp³-hybridized carbons (Fsp3) is 0.467. The normalized spacial score (nSPS) is 12.2. The first-order valence-corrected chi connectivity index (χ1v) is 6.21. The van der Waals surface area contributed by atoms with E-state index < -0.39 is 0 Å². The first kappa shape index (κ1) is 13.9. The second-order valence-electron chi connectivity index (χ2n) is 4.75. The van der Waals surface area contributed by atoms with E-state index in [1.54, 1.807) is 0 Å². The molecule has 0 aliphatic rings. The maximum Gasteiger partial charge on any atom is 0.123 e. The molecule has 0 spiro atoms. The fourth-order valence-electron chi connectivity index (χ4n) is 1.69. The van der Waals surface area contributed by atoms with Crippen molar-refractivity contribution in [3.63, 3.8) is 0 Å². The second-order valence-corrected chi connectivity index (χ2v) is 4.75. The van der Waals surface area contributed by atoms with Gasteiger partial charge in [0.15, 0.2) is 0 Å². The molecular weight excluding hydrogens is 213 g/mol. The van der Waals surface area contributed by atoms with E-state index in [-0.39, 0.29) is 5.82 Å². The highest BCUT2D eigenvalue weighted by molar-refractivity contribution is 5.21. The number of nitrogens with one attached hydrogen (secondary N) is 1. The maximum absolute atomic E-state index is 12.7. The van der Waals surface area contributed by atoms with Gasteiger partial charge in [0.2, 0.25) is 0 Å². The van der Waals surface area contributed by atoms with Gasteiger partial charge in [0.25, 0.3) is 0 Å². The van der Waals surface area contributed by atoms with Crippen molar-refractivity contribution in [2.24, 2.45) is 0 Å². The lowest BCUT2D eigenvalue weighted by molar-refractivity contribution is 0.594. The van der Waals surface area contributed by atoms with Crippen LogP contribution in [0, 0.1) is 5.82 Å². The van der Waals surface area contributed by atoms with Gasteiger partial charge in [-0.05, 0) is 44.0 Å². The number of rotatable bonds is 6. The van der Waals surface area contributed by atoms with Gasteiger partial charge >= 0.3 is 0 Å². The van der Waals surface area contributed by atoms with Gasteiger partial charge in [-0.3, -0.25) is 0 Å². The molecule has 1 N–H and O–H groups in total. The molecule has 2 heteroatoms. The molecule has 0 aromatic heterocycles. The van der Waals surface area contributed by atoms with Crippen LogP contribution in [0.25, 0.3) is 0 Å². The van der Waals surface area contributed by atoms with Crippen molar-refractivity contribution >= 4 is 0 Å². The van der Waals surface area contributed by atoms with Crippen molar-refractivity contribution in [1.29, 1.82) is 0 Å². The van der Waals surface area contributed by atoms with Crippen LogP contribution in [-0.2, 0) is 6.42 Å². The Balaban J connectivity index is 2.35. The van der Waals surface area contributed by atoms with E-state index in [0.29, 0.717) is 6.04 Å². The van der Waals surface area contributed by atoms with Gasteiger partial charge in [-0.2, -0.15) is 0 Å². The van der Waals surface area contributed by atoms with Gasteiger partial charge in [0.1, 0.15) is 5.82 Å². The zero-order chi connectivity index (χ0) is 12.7. The molecule has 0 aliphatic heterocycles. The third kappa shape index (κ3) is 6.22. The Labute approximate surface area is 104 Å². The summed E-state index contributed by atoms with van der Waals surface area (Å²) in [6, 6.07) is 7.27. The summed E-state index contributed by atoms with van der Waals surface area (Å²) in [5, 5.41) is 3.38. The highest BCUT2D eigenvalue weighted by Crippen LogP contribution is 2.09. The SMILES string of the molecule is CC(=CCCNC(C)C)Cc1ccc(F)cc1. The number of hydrogen-bond donors (Lipinski definition) is 1. The van der Waals surface area contributed by atoms with E-state index in [2.05, 4.69) is 32.2 Å². The maximum atomic E-state index is 12.7. The summed E-state index contributed by atoms with van der Waals surface area (Å²) in [5.74, 6) is -0.170. The summed E-state index contributed by atoms with van der Waals surface area (Å²) < 4.78 is 12.7. The molecule has 0 unspecified atom stereocenters. The number of hydrogen-bond acceptors (Lipinski definition) is 1. The summed E-state index contributed by atoms with van der Waals surface area (Å²) >= 11 is 0. The first-order valence-electron chi connectivity index (χ1n) is 6.21. The average molecular weight is 235 g/mol. The van der Waals surface area contributed by atoms with E-state index in [1.165, 1.54) is 17.7 Å². The first-order chi connectivity index (χ1) is 8.08. The quantitative estimate of drug-likeness (QED) is 0.585. The van der Waals surface area contributed by atoms with Gasteiger partial charge in [-0.25, -0.2) is 4.39 Å². The van der Waals surface area contributed by atoms with Crippen LogP contribution in [-0.4, -0.2) is 12.6 Å². The Morgan fingerprint density at radius 3 is 2.53 bits per heavy atom. The minimum Gasteiger partial charge on any atom is -0.314 e. The lowest BCUT2D eigenvalue weighted by Crippen LogP contribution is -2.23. The Morgan fingerprint density at radius 2 is 1.94 bits per heavy atom. The fourth-order valence-corrected chi connectivity index (χ4v) is 1.69. The van der Waals surface area contributed by atoms with Crippen LogP contribution in [0.15, 0.2) is 35.9 Å². The predicted octanol–water partition coefficient (Wildman–Crippen LogP) is 3.70. The van der Waals surface area contributed by atoms with Crippen molar-refractivity contribution in [3.8, 4) is 0 Å². The Kier molecular flexibility index (Phi) is 5.92. The molecule has 1 aromatic carbocycles. The van der Waals surface area contributed by atoms with Crippen LogP contribution in [0.2, 0.25) is 0 Å². The van der Waals surface area contributed by atoms with Crippen LogP contribution >= 0.6 is 0 Å². The van der Waals surface area contributed by atoms with E-state index >= 15 is 0 Å². The van der Waals surface area contributed by atoms with Crippen LogP contribution in [0.3, 0.4) is 0 Å². The molecule has 1 rings (SSSR count). The molecule has 0 radical (unpaired) electrons. The molecule has 0 fully saturated rings. The second kappa shape index (κ2) is 7.23. The number of halogens is 1. The minimum absolute atomic E-state index is 0.170. The van der Waals surface area contributed by atoms with Gasteiger partial charge in [0, 0.05) is 6.04 Å². The van der Waals surface area contributed by atoms with Crippen molar-refractivity contribution < 1.29 is 4.39 Å². The molecule has 1 nitrogen and oxygen atoms in total. The molecule has 1 aromatic rings. The molecule has 0 amide bonds. The van der Waals surface area contributed by atoms with Gasteiger partial charge in [-0.1, -0.05) is 37.6 Å². The van der Waals surface area contributed by atoms with E-state index in [9.17, 15) is 4.39 Å². The zero-order valence-electron chi connectivity index (χ0n) is 11.0. The van der Waals surface area contributed by atoms with Gasteiger partial charge in [-0.15, -0.1) is 0 Å². The van der Waals surface area contributed by atoms with Gasteiger partial charge < -0.3 is 5.32 Å². The largest absolute Gasteiger partial charge is 0.314 e. The summed E-state index contributed by atoms with van der Waals surface area (Å²) in [7, 11) is 0. The van der Waals surface area contributed by atoms with Crippen LogP contribution < -0.4 is 5.32 Å². The van der Waals surface area contributed by atoms with E-state index in [1.807, 2.05) is 12.1 Å². The van der Waals surface area contributed by atoms with Crippen molar-refractivity contribution in [2.75, 3.05) is 6.54 Å². The summed E-state index contributed by atoms with van der Waals surface area (Å²) in [4.78, 5) is 0. The Bertz CT molecular complexity index is 352. The highest BCUT2D eigenvalue weighted by atomic mass is 19.1. The number of allylic oxidation sites excluding steroid dienone is 1. The minimum atomic E-state index is -0.170. The smallest absolute Gasteiger partial charge is 0.123 e. The monoisotopic (exact) mass is 235 g/mol. The molecular formula is C15H22FN. The zero-order valence-corrected chi connectivity index (χ0v) is 11.0. The molecule has 0 bridgehead atoms. The Morgan fingerprint density at radius 1 is 1.29 bits per heavy atom. The van der Waals surface area contributed by atoms with E-state index in [4.69, 9.17) is 0 Å². The highest BCUT2D eigenvalue weighted by Gasteiger charge is 1.96. The third-order valence-electron chi connectivity index (χ3n) is 2.59. The topological polar surface area (TPSA) is 12.0 Å². The van der Waals surface area contributed by atoms with Crippen LogP contribution in [0.5, 0.6) is 0 Å². The molecule has 0 saturated carbocycles. The molecule has 0 heterocycles.